The van der Waals surface area contributed by atoms with Crippen LogP contribution in [0.3, 0.4) is 0 Å². The number of thiazole rings is 1. The maximum atomic E-state index is 13.9. The Kier molecular flexibility index (Phi) is 5.94. The number of nitrogens with zero attached hydrogens (tertiary/aromatic N) is 2. The molecule has 0 aliphatic carbocycles. The number of aromatic nitrogens is 1. The molecule has 1 aromatic heterocycles. The largest absolute Gasteiger partial charge is 0.497 e. The first-order valence-corrected chi connectivity index (χ1v) is 9.54. The number of amides is 1. The number of rotatable bonds is 6. The van der Waals surface area contributed by atoms with E-state index < -0.39 is 0 Å². The van der Waals surface area contributed by atoms with Gasteiger partial charge in [0.2, 0.25) is 0 Å². The second-order valence-electron chi connectivity index (χ2n) is 6.47. The maximum absolute atomic E-state index is 13.9. The third-order valence-electron chi connectivity index (χ3n) is 4.52. The van der Waals surface area contributed by atoms with E-state index in [4.69, 9.17) is 4.74 Å². The number of methoxy groups -OCH3 is 1. The number of ether oxygens (including phenoxy) is 1. The van der Waals surface area contributed by atoms with Crippen molar-refractivity contribution < 1.29 is 13.9 Å². The van der Waals surface area contributed by atoms with E-state index in [0.717, 1.165) is 22.6 Å². The lowest BCUT2D eigenvalue weighted by atomic mass is 10.2. The first-order valence-electron chi connectivity index (χ1n) is 8.72. The van der Waals surface area contributed by atoms with Crippen LogP contribution in [0.1, 0.15) is 26.5 Å². The van der Waals surface area contributed by atoms with Crippen LogP contribution in [0.25, 0.3) is 0 Å². The first-order chi connectivity index (χ1) is 13.4. The maximum Gasteiger partial charge on any atom is 0.308 e. The predicted molar refractivity (Wildman–Crippen MR) is 108 cm³/mol. The molecule has 0 spiro atoms. The summed E-state index contributed by atoms with van der Waals surface area (Å²) >= 11 is 0.890. The molecule has 0 aliphatic heterocycles. The van der Waals surface area contributed by atoms with Gasteiger partial charge in [0.1, 0.15) is 16.4 Å². The standard InChI is InChI=1S/C21H21FN2O3S/c1-14-19(20(25)23(2)12-15-7-6-9-17(11-15)27-3)28-21(26)24(14)13-16-8-4-5-10-18(16)22/h4-11H,12-13H2,1-3H3. The van der Waals surface area contributed by atoms with Crippen molar-refractivity contribution in [1.29, 1.82) is 0 Å². The number of benzene rings is 2. The van der Waals surface area contributed by atoms with Crippen LogP contribution in [0.2, 0.25) is 0 Å². The van der Waals surface area contributed by atoms with Gasteiger partial charge in [-0.05, 0) is 30.7 Å². The van der Waals surface area contributed by atoms with E-state index in [1.165, 1.54) is 10.6 Å². The molecule has 1 heterocycles. The lowest BCUT2D eigenvalue weighted by Crippen LogP contribution is -2.26. The van der Waals surface area contributed by atoms with Crippen molar-refractivity contribution in [2.45, 2.75) is 20.0 Å². The van der Waals surface area contributed by atoms with Crippen LogP contribution >= 0.6 is 11.3 Å². The number of hydrogen-bond acceptors (Lipinski definition) is 4. The van der Waals surface area contributed by atoms with Gasteiger partial charge >= 0.3 is 4.87 Å². The monoisotopic (exact) mass is 400 g/mol. The third kappa shape index (κ3) is 4.14. The summed E-state index contributed by atoms with van der Waals surface area (Å²) in [5.74, 6) is 0.105. The zero-order chi connectivity index (χ0) is 20.3. The quantitative estimate of drug-likeness (QED) is 0.634. The number of carbonyl (C=O) groups excluding carboxylic acids is 1. The summed E-state index contributed by atoms with van der Waals surface area (Å²) in [4.78, 5) is 26.9. The fourth-order valence-electron chi connectivity index (χ4n) is 2.94. The molecule has 2 aromatic carbocycles. The van der Waals surface area contributed by atoms with Gasteiger partial charge in [0.05, 0.1) is 13.7 Å². The molecular weight excluding hydrogens is 379 g/mol. The van der Waals surface area contributed by atoms with Crippen LogP contribution < -0.4 is 9.61 Å². The lowest BCUT2D eigenvalue weighted by molar-refractivity contribution is 0.0788. The second kappa shape index (κ2) is 8.39. The van der Waals surface area contributed by atoms with E-state index in [9.17, 15) is 14.0 Å². The molecule has 0 bridgehead atoms. The first kappa shape index (κ1) is 19.8. The molecule has 0 atom stereocenters. The summed E-state index contributed by atoms with van der Waals surface area (Å²) in [6.07, 6.45) is 0. The highest BCUT2D eigenvalue weighted by Gasteiger charge is 2.21. The fraction of sp³-hybridized carbons (Fsp3) is 0.238. The molecule has 1 amide bonds. The van der Waals surface area contributed by atoms with Gasteiger partial charge in [-0.25, -0.2) is 4.39 Å². The fourth-order valence-corrected chi connectivity index (χ4v) is 3.93. The summed E-state index contributed by atoms with van der Waals surface area (Å²) in [6, 6.07) is 13.8. The highest BCUT2D eigenvalue weighted by atomic mass is 32.1. The highest BCUT2D eigenvalue weighted by Crippen LogP contribution is 2.19. The van der Waals surface area contributed by atoms with Crippen molar-refractivity contribution in [3.8, 4) is 5.75 Å². The van der Waals surface area contributed by atoms with Gasteiger partial charge in [-0.2, -0.15) is 0 Å². The van der Waals surface area contributed by atoms with Crippen molar-refractivity contribution in [2.24, 2.45) is 0 Å². The highest BCUT2D eigenvalue weighted by molar-refractivity contribution is 7.11. The summed E-state index contributed by atoms with van der Waals surface area (Å²) < 4.78 is 20.6. The van der Waals surface area contributed by atoms with Crippen molar-refractivity contribution >= 4 is 17.2 Å². The average Bonchev–Trinajstić information content (AvgIpc) is 2.97. The molecule has 3 rings (SSSR count). The van der Waals surface area contributed by atoms with E-state index in [0.29, 0.717) is 22.7 Å². The SMILES string of the molecule is COc1cccc(CN(C)C(=O)c2sc(=O)n(Cc3ccccc3F)c2C)c1. The van der Waals surface area contributed by atoms with Gasteiger partial charge in [0, 0.05) is 24.8 Å². The number of hydrogen-bond donors (Lipinski definition) is 0. The van der Waals surface area contributed by atoms with Crippen molar-refractivity contribution in [2.75, 3.05) is 14.2 Å². The molecule has 0 aliphatic rings. The second-order valence-corrected chi connectivity index (χ2v) is 7.43. The Morgan fingerprint density at radius 3 is 2.68 bits per heavy atom. The van der Waals surface area contributed by atoms with E-state index >= 15 is 0 Å². The summed E-state index contributed by atoms with van der Waals surface area (Å²) in [7, 11) is 3.28. The zero-order valence-electron chi connectivity index (χ0n) is 15.9. The molecule has 0 unspecified atom stereocenters. The van der Waals surface area contributed by atoms with Gasteiger partial charge in [0.25, 0.3) is 5.91 Å². The molecule has 0 saturated heterocycles. The van der Waals surface area contributed by atoms with E-state index in [1.807, 2.05) is 24.3 Å². The van der Waals surface area contributed by atoms with Crippen LogP contribution in [0, 0.1) is 12.7 Å². The molecule has 7 heteroatoms. The lowest BCUT2D eigenvalue weighted by Gasteiger charge is -2.17. The summed E-state index contributed by atoms with van der Waals surface area (Å²) in [5.41, 5.74) is 1.88. The molecule has 5 nitrogen and oxygen atoms in total. The topological polar surface area (TPSA) is 51.5 Å². The summed E-state index contributed by atoms with van der Waals surface area (Å²) in [6.45, 7) is 2.20. The molecule has 28 heavy (non-hydrogen) atoms. The smallest absolute Gasteiger partial charge is 0.308 e. The predicted octanol–water partition coefficient (Wildman–Crippen LogP) is 3.69. The normalized spacial score (nSPS) is 10.7. The van der Waals surface area contributed by atoms with Gasteiger partial charge in [0.15, 0.2) is 0 Å². The Labute approximate surface area is 166 Å². The van der Waals surface area contributed by atoms with E-state index in [-0.39, 0.29) is 23.1 Å². The van der Waals surface area contributed by atoms with Crippen LogP contribution in [0.15, 0.2) is 53.3 Å². The Morgan fingerprint density at radius 2 is 1.96 bits per heavy atom. The van der Waals surface area contributed by atoms with Crippen LogP contribution in [-0.4, -0.2) is 29.5 Å². The number of carbonyl (C=O) groups is 1. The van der Waals surface area contributed by atoms with Gasteiger partial charge in [-0.1, -0.05) is 41.7 Å². The zero-order valence-corrected chi connectivity index (χ0v) is 16.8. The van der Waals surface area contributed by atoms with E-state index in [2.05, 4.69) is 0 Å². The molecule has 0 N–H and O–H groups in total. The third-order valence-corrected chi connectivity index (χ3v) is 5.59. The minimum Gasteiger partial charge on any atom is -0.497 e. The van der Waals surface area contributed by atoms with E-state index in [1.54, 1.807) is 44.2 Å². The van der Waals surface area contributed by atoms with Gasteiger partial charge in [-0.15, -0.1) is 0 Å². The van der Waals surface area contributed by atoms with Crippen molar-refractivity contribution in [3.05, 3.63) is 85.7 Å². The van der Waals surface area contributed by atoms with Gasteiger partial charge < -0.3 is 9.64 Å². The molecule has 146 valence electrons. The van der Waals surface area contributed by atoms with Crippen LogP contribution in [0.5, 0.6) is 5.75 Å². The molecule has 0 radical (unpaired) electrons. The van der Waals surface area contributed by atoms with Crippen LogP contribution in [-0.2, 0) is 13.1 Å². The molecule has 0 fully saturated rings. The summed E-state index contributed by atoms with van der Waals surface area (Å²) in [5, 5.41) is 0. The Morgan fingerprint density at radius 1 is 1.21 bits per heavy atom. The minimum atomic E-state index is -0.372. The average molecular weight is 400 g/mol. The Balaban J connectivity index is 1.82. The van der Waals surface area contributed by atoms with Crippen LogP contribution in [0.4, 0.5) is 4.39 Å². The Hall–Kier alpha value is -2.93. The van der Waals surface area contributed by atoms with Crippen molar-refractivity contribution in [3.63, 3.8) is 0 Å². The minimum absolute atomic E-state index is 0.0979. The molecule has 0 saturated carbocycles. The molecule has 3 aromatic rings. The number of halogens is 1. The Bertz CT molecular complexity index is 1060. The van der Waals surface area contributed by atoms with Gasteiger partial charge in [-0.3, -0.25) is 14.2 Å². The van der Waals surface area contributed by atoms with Crippen molar-refractivity contribution in [1.82, 2.24) is 9.47 Å². The molecular formula is C21H21FN2O3S.